The summed E-state index contributed by atoms with van der Waals surface area (Å²) in [6, 6.07) is 2.11. The lowest BCUT2D eigenvalue weighted by molar-refractivity contribution is -0.140. The summed E-state index contributed by atoms with van der Waals surface area (Å²) in [6.45, 7) is 3.58. The van der Waals surface area contributed by atoms with E-state index in [-0.39, 0.29) is 5.92 Å². The lowest BCUT2D eigenvalue weighted by Gasteiger charge is -2.23. The van der Waals surface area contributed by atoms with E-state index >= 15 is 0 Å². The Morgan fingerprint density at radius 1 is 1.42 bits per heavy atom. The van der Waals surface area contributed by atoms with Crippen LogP contribution in [0.5, 0.6) is 0 Å². The van der Waals surface area contributed by atoms with Gasteiger partial charge < -0.3 is 10.0 Å². The van der Waals surface area contributed by atoms with Crippen molar-refractivity contribution in [3.05, 3.63) is 17.3 Å². The number of hydrogen-bond donors (Lipinski definition) is 1. The monoisotopic (exact) mass is 261 g/mol. The standard InChI is InChI=1S/C14H19N3O2/c1-9-2-3-12-11(6-9)7-13(16-15-12)17-5-4-10(8-17)14(18)19/h7,9-10H,2-6,8H2,1H3,(H,18,19)/t9-,10+/m0/s1. The maximum absolute atomic E-state index is 11.0. The first-order valence-corrected chi connectivity index (χ1v) is 6.96. The van der Waals surface area contributed by atoms with E-state index in [4.69, 9.17) is 5.11 Å². The lowest BCUT2D eigenvalue weighted by Crippen LogP contribution is -2.25. The average Bonchev–Trinajstić information content (AvgIpc) is 2.87. The van der Waals surface area contributed by atoms with Gasteiger partial charge >= 0.3 is 5.97 Å². The van der Waals surface area contributed by atoms with Crippen LogP contribution in [0.2, 0.25) is 0 Å². The summed E-state index contributed by atoms with van der Waals surface area (Å²) in [5, 5.41) is 17.6. The van der Waals surface area contributed by atoms with Crippen LogP contribution in [-0.2, 0) is 17.6 Å². The highest BCUT2D eigenvalue weighted by atomic mass is 16.4. The minimum atomic E-state index is -0.706. The molecule has 102 valence electrons. The second kappa shape index (κ2) is 4.79. The highest BCUT2D eigenvalue weighted by molar-refractivity contribution is 5.71. The van der Waals surface area contributed by atoms with Gasteiger partial charge in [-0.15, -0.1) is 5.10 Å². The van der Waals surface area contributed by atoms with Gasteiger partial charge in [0.15, 0.2) is 5.82 Å². The molecule has 1 fully saturated rings. The Hall–Kier alpha value is -1.65. The molecule has 5 nitrogen and oxygen atoms in total. The number of hydrogen-bond acceptors (Lipinski definition) is 4. The maximum atomic E-state index is 11.0. The molecule has 5 heteroatoms. The first-order valence-electron chi connectivity index (χ1n) is 6.96. The van der Waals surface area contributed by atoms with Crippen molar-refractivity contribution in [2.24, 2.45) is 11.8 Å². The van der Waals surface area contributed by atoms with Crippen molar-refractivity contribution >= 4 is 11.8 Å². The summed E-state index contributed by atoms with van der Waals surface area (Å²) in [6.07, 6.45) is 3.96. The molecule has 2 aliphatic rings. The first kappa shape index (κ1) is 12.4. The molecule has 1 aromatic heterocycles. The lowest BCUT2D eigenvalue weighted by atomic mass is 9.88. The SMILES string of the molecule is C[C@H]1CCc2nnc(N3CC[C@@H](C(=O)O)C3)cc2C1. The van der Waals surface area contributed by atoms with Gasteiger partial charge in [0, 0.05) is 13.1 Å². The van der Waals surface area contributed by atoms with Crippen LogP contribution < -0.4 is 4.90 Å². The molecule has 1 saturated heterocycles. The van der Waals surface area contributed by atoms with E-state index in [1.54, 1.807) is 0 Å². The van der Waals surface area contributed by atoms with Crippen LogP contribution in [0.3, 0.4) is 0 Å². The predicted molar refractivity (Wildman–Crippen MR) is 71.2 cm³/mol. The molecule has 0 amide bonds. The highest BCUT2D eigenvalue weighted by Gasteiger charge is 2.29. The van der Waals surface area contributed by atoms with Crippen molar-refractivity contribution in [1.29, 1.82) is 0 Å². The van der Waals surface area contributed by atoms with Crippen molar-refractivity contribution in [2.45, 2.75) is 32.6 Å². The van der Waals surface area contributed by atoms with Gasteiger partial charge in [0.05, 0.1) is 11.6 Å². The Morgan fingerprint density at radius 2 is 2.26 bits per heavy atom. The number of aryl methyl sites for hydroxylation is 1. The van der Waals surface area contributed by atoms with Gasteiger partial charge in [-0.25, -0.2) is 0 Å². The third kappa shape index (κ3) is 2.41. The fraction of sp³-hybridized carbons (Fsp3) is 0.643. The highest BCUT2D eigenvalue weighted by Crippen LogP contribution is 2.28. The van der Waals surface area contributed by atoms with Gasteiger partial charge in [-0.3, -0.25) is 4.79 Å². The van der Waals surface area contributed by atoms with Gasteiger partial charge in [-0.2, -0.15) is 5.10 Å². The predicted octanol–water partition coefficient (Wildman–Crippen LogP) is 1.51. The molecule has 2 atom stereocenters. The fourth-order valence-electron chi connectivity index (χ4n) is 3.02. The average molecular weight is 261 g/mol. The Morgan fingerprint density at radius 3 is 3.00 bits per heavy atom. The van der Waals surface area contributed by atoms with Crippen LogP contribution in [0, 0.1) is 11.8 Å². The summed E-state index contributed by atoms with van der Waals surface area (Å²) in [4.78, 5) is 13.0. The van der Waals surface area contributed by atoms with Crippen molar-refractivity contribution in [1.82, 2.24) is 10.2 Å². The maximum Gasteiger partial charge on any atom is 0.308 e. The topological polar surface area (TPSA) is 66.3 Å². The fourth-order valence-corrected chi connectivity index (χ4v) is 3.02. The molecular formula is C14H19N3O2. The first-order chi connectivity index (χ1) is 9.13. The number of carbonyl (C=O) groups is 1. The van der Waals surface area contributed by atoms with E-state index in [2.05, 4.69) is 23.2 Å². The molecule has 1 aliphatic carbocycles. The van der Waals surface area contributed by atoms with Crippen LogP contribution in [0.1, 0.15) is 31.0 Å². The molecule has 1 aromatic rings. The van der Waals surface area contributed by atoms with E-state index < -0.39 is 5.97 Å². The van der Waals surface area contributed by atoms with E-state index in [1.165, 1.54) is 12.0 Å². The summed E-state index contributed by atoms with van der Waals surface area (Å²) >= 11 is 0. The largest absolute Gasteiger partial charge is 0.481 e. The second-order valence-corrected chi connectivity index (χ2v) is 5.79. The van der Waals surface area contributed by atoms with Crippen LogP contribution in [0.15, 0.2) is 6.07 Å². The quantitative estimate of drug-likeness (QED) is 0.874. The zero-order chi connectivity index (χ0) is 13.4. The van der Waals surface area contributed by atoms with Gasteiger partial charge in [0.1, 0.15) is 0 Å². The number of fused-ring (bicyclic) bond motifs is 1. The Bertz CT molecular complexity index is 503. The van der Waals surface area contributed by atoms with Crippen LogP contribution in [0.25, 0.3) is 0 Å². The number of carboxylic acids is 1. The molecule has 0 radical (unpaired) electrons. The second-order valence-electron chi connectivity index (χ2n) is 5.79. The third-order valence-corrected chi connectivity index (χ3v) is 4.25. The smallest absolute Gasteiger partial charge is 0.308 e. The van der Waals surface area contributed by atoms with Crippen LogP contribution in [-0.4, -0.2) is 34.4 Å². The summed E-state index contributed by atoms with van der Waals surface area (Å²) in [7, 11) is 0. The molecule has 0 unspecified atom stereocenters. The van der Waals surface area contributed by atoms with E-state index in [1.807, 2.05) is 4.90 Å². The minimum absolute atomic E-state index is 0.267. The van der Waals surface area contributed by atoms with Crippen LogP contribution in [0.4, 0.5) is 5.82 Å². The van der Waals surface area contributed by atoms with Crippen molar-refractivity contribution in [3.63, 3.8) is 0 Å². The molecule has 1 aliphatic heterocycles. The van der Waals surface area contributed by atoms with Crippen molar-refractivity contribution in [3.8, 4) is 0 Å². The number of rotatable bonds is 2. The molecule has 3 rings (SSSR count). The molecule has 19 heavy (non-hydrogen) atoms. The zero-order valence-corrected chi connectivity index (χ0v) is 11.2. The summed E-state index contributed by atoms with van der Waals surface area (Å²) in [5.41, 5.74) is 2.42. The third-order valence-electron chi connectivity index (χ3n) is 4.25. The van der Waals surface area contributed by atoms with Crippen molar-refractivity contribution < 1.29 is 9.90 Å². The normalized spacial score (nSPS) is 26.3. The Labute approximate surface area is 112 Å². The number of carboxylic acid groups (broad SMARTS) is 1. The number of nitrogens with zero attached hydrogens (tertiary/aromatic N) is 3. The van der Waals surface area contributed by atoms with E-state index in [9.17, 15) is 4.79 Å². The van der Waals surface area contributed by atoms with Crippen LogP contribution >= 0.6 is 0 Å². The Kier molecular flexibility index (Phi) is 3.12. The number of anilines is 1. The Balaban J connectivity index is 1.79. The summed E-state index contributed by atoms with van der Waals surface area (Å²) in [5.74, 6) is 0.574. The van der Waals surface area contributed by atoms with Gasteiger partial charge in [-0.05, 0) is 43.2 Å². The zero-order valence-electron chi connectivity index (χ0n) is 11.2. The van der Waals surface area contributed by atoms with Gasteiger partial charge in [-0.1, -0.05) is 6.92 Å². The van der Waals surface area contributed by atoms with E-state index in [0.29, 0.717) is 18.9 Å². The molecule has 0 bridgehead atoms. The van der Waals surface area contributed by atoms with Gasteiger partial charge in [0.25, 0.3) is 0 Å². The van der Waals surface area contributed by atoms with Gasteiger partial charge in [0.2, 0.25) is 0 Å². The molecule has 1 N–H and O–H groups in total. The molecule has 0 aromatic carbocycles. The summed E-state index contributed by atoms with van der Waals surface area (Å²) < 4.78 is 0. The molecule has 0 saturated carbocycles. The number of aromatic nitrogens is 2. The molecular weight excluding hydrogens is 242 g/mol. The van der Waals surface area contributed by atoms with E-state index in [0.717, 1.165) is 30.9 Å². The molecule has 0 spiro atoms. The molecule has 2 heterocycles. The minimum Gasteiger partial charge on any atom is -0.481 e. The van der Waals surface area contributed by atoms with Crippen molar-refractivity contribution in [2.75, 3.05) is 18.0 Å². The number of aliphatic carboxylic acids is 1.